The van der Waals surface area contributed by atoms with E-state index < -0.39 is 5.97 Å². The summed E-state index contributed by atoms with van der Waals surface area (Å²) in [6.45, 7) is 0. The minimum atomic E-state index is -0.810. The maximum Gasteiger partial charge on any atom is 0.303 e. The van der Waals surface area contributed by atoms with Crippen molar-refractivity contribution in [1.29, 1.82) is 0 Å². The molecule has 1 atom stereocenters. The van der Waals surface area contributed by atoms with Gasteiger partial charge in [-0.05, 0) is 24.1 Å². The standard InChI is InChI=1S/C10H12BrNO2/c11-8-3-1-2-7(6-8)9(12)4-5-10(13)14/h1-3,6,9H,4-5,12H2,(H,13,14). The Bertz CT molecular complexity index is 328. The maximum absolute atomic E-state index is 10.3. The first-order chi connectivity index (χ1) is 6.59. The van der Waals surface area contributed by atoms with Crippen LogP contribution in [0.4, 0.5) is 0 Å². The van der Waals surface area contributed by atoms with Crippen LogP contribution >= 0.6 is 15.9 Å². The Morgan fingerprint density at radius 2 is 2.29 bits per heavy atom. The first-order valence-corrected chi connectivity index (χ1v) is 5.11. The van der Waals surface area contributed by atoms with Crippen molar-refractivity contribution in [1.82, 2.24) is 0 Å². The van der Waals surface area contributed by atoms with Crippen molar-refractivity contribution >= 4 is 21.9 Å². The predicted octanol–water partition coefficient (Wildman–Crippen LogP) is 2.31. The lowest BCUT2D eigenvalue weighted by Gasteiger charge is -2.10. The molecule has 1 unspecified atom stereocenters. The molecule has 0 aliphatic rings. The SMILES string of the molecule is NC(CCC(=O)O)c1cccc(Br)c1. The lowest BCUT2D eigenvalue weighted by Crippen LogP contribution is -2.12. The number of rotatable bonds is 4. The molecule has 1 rings (SSSR count). The van der Waals surface area contributed by atoms with E-state index in [1.165, 1.54) is 0 Å². The summed E-state index contributed by atoms with van der Waals surface area (Å²) in [5.41, 5.74) is 6.79. The Labute approximate surface area is 91.1 Å². The molecule has 3 nitrogen and oxygen atoms in total. The fourth-order valence-corrected chi connectivity index (χ4v) is 1.60. The minimum absolute atomic E-state index is 0.105. The second-order valence-electron chi connectivity index (χ2n) is 3.09. The Morgan fingerprint density at radius 3 is 2.86 bits per heavy atom. The summed E-state index contributed by atoms with van der Waals surface area (Å²) < 4.78 is 0.959. The molecule has 0 aliphatic carbocycles. The van der Waals surface area contributed by atoms with Crippen molar-refractivity contribution in [2.24, 2.45) is 5.73 Å². The lowest BCUT2D eigenvalue weighted by atomic mass is 10.0. The van der Waals surface area contributed by atoms with Crippen LogP contribution in [0, 0.1) is 0 Å². The van der Waals surface area contributed by atoms with Crippen molar-refractivity contribution in [3.05, 3.63) is 34.3 Å². The first kappa shape index (κ1) is 11.2. The molecular formula is C10H12BrNO2. The molecule has 0 heterocycles. The van der Waals surface area contributed by atoms with E-state index >= 15 is 0 Å². The van der Waals surface area contributed by atoms with E-state index in [1.54, 1.807) is 0 Å². The number of carbonyl (C=O) groups is 1. The second kappa shape index (κ2) is 5.12. The summed E-state index contributed by atoms with van der Waals surface area (Å²) in [6.07, 6.45) is 0.569. The Morgan fingerprint density at radius 1 is 1.57 bits per heavy atom. The zero-order valence-electron chi connectivity index (χ0n) is 7.61. The van der Waals surface area contributed by atoms with Gasteiger partial charge in [-0.15, -0.1) is 0 Å². The molecule has 1 aromatic rings. The van der Waals surface area contributed by atoms with Gasteiger partial charge in [0.25, 0.3) is 0 Å². The number of hydrogen-bond acceptors (Lipinski definition) is 2. The van der Waals surface area contributed by atoms with E-state index in [0.29, 0.717) is 6.42 Å². The first-order valence-electron chi connectivity index (χ1n) is 4.32. The molecule has 76 valence electrons. The van der Waals surface area contributed by atoms with Gasteiger partial charge in [-0.25, -0.2) is 0 Å². The topological polar surface area (TPSA) is 63.3 Å². The number of hydrogen-bond donors (Lipinski definition) is 2. The van der Waals surface area contributed by atoms with E-state index in [0.717, 1.165) is 10.0 Å². The number of carboxylic acids is 1. The molecule has 0 aromatic heterocycles. The molecule has 3 N–H and O–H groups in total. The molecule has 0 spiro atoms. The van der Waals surface area contributed by atoms with Crippen LogP contribution in [0.25, 0.3) is 0 Å². The van der Waals surface area contributed by atoms with Crippen LogP contribution in [0.3, 0.4) is 0 Å². The van der Waals surface area contributed by atoms with Gasteiger partial charge in [0.05, 0.1) is 0 Å². The van der Waals surface area contributed by atoms with Crippen LogP contribution in [-0.4, -0.2) is 11.1 Å². The van der Waals surface area contributed by atoms with Crippen LogP contribution in [0.15, 0.2) is 28.7 Å². The van der Waals surface area contributed by atoms with Crippen molar-refractivity contribution in [3.63, 3.8) is 0 Å². The molecule has 0 aliphatic heterocycles. The average molecular weight is 258 g/mol. The molecular weight excluding hydrogens is 246 g/mol. The molecule has 0 bridgehead atoms. The summed E-state index contributed by atoms with van der Waals surface area (Å²) in [5, 5.41) is 8.50. The lowest BCUT2D eigenvalue weighted by molar-refractivity contribution is -0.137. The number of nitrogens with two attached hydrogens (primary N) is 1. The third kappa shape index (κ3) is 3.47. The fraction of sp³-hybridized carbons (Fsp3) is 0.300. The highest BCUT2D eigenvalue weighted by Gasteiger charge is 2.08. The van der Waals surface area contributed by atoms with Gasteiger partial charge in [0.1, 0.15) is 0 Å². The van der Waals surface area contributed by atoms with Gasteiger partial charge in [0.15, 0.2) is 0 Å². The molecule has 0 amide bonds. The highest BCUT2D eigenvalue weighted by molar-refractivity contribution is 9.10. The molecule has 0 fully saturated rings. The van der Waals surface area contributed by atoms with Crippen LogP contribution in [-0.2, 0) is 4.79 Å². The number of halogens is 1. The van der Waals surface area contributed by atoms with Crippen molar-refractivity contribution in [2.75, 3.05) is 0 Å². The summed E-state index contributed by atoms with van der Waals surface area (Å²) in [6, 6.07) is 7.40. The molecule has 14 heavy (non-hydrogen) atoms. The van der Waals surface area contributed by atoms with E-state index in [2.05, 4.69) is 15.9 Å². The van der Waals surface area contributed by atoms with Crippen molar-refractivity contribution < 1.29 is 9.90 Å². The number of carboxylic acid groups (broad SMARTS) is 1. The minimum Gasteiger partial charge on any atom is -0.481 e. The van der Waals surface area contributed by atoms with Gasteiger partial charge in [0, 0.05) is 16.9 Å². The van der Waals surface area contributed by atoms with Gasteiger partial charge < -0.3 is 10.8 Å². The Hall–Kier alpha value is -0.870. The third-order valence-corrected chi connectivity index (χ3v) is 2.44. The number of aliphatic carboxylic acids is 1. The zero-order chi connectivity index (χ0) is 10.6. The monoisotopic (exact) mass is 257 g/mol. The van der Waals surface area contributed by atoms with Crippen molar-refractivity contribution in [2.45, 2.75) is 18.9 Å². The van der Waals surface area contributed by atoms with Gasteiger partial charge in [-0.2, -0.15) is 0 Å². The second-order valence-corrected chi connectivity index (χ2v) is 4.01. The van der Waals surface area contributed by atoms with E-state index in [9.17, 15) is 4.79 Å². The van der Waals surface area contributed by atoms with Crippen LogP contribution < -0.4 is 5.73 Å². The summed E-state index contributed by atoms with van der Waals surface area (Å²) in [4.78, 5) is 10.3. The highest BCUT2D eigenvalue weighted by atomic mass is 79.9. The normalized spacial score (nSPS) is 12.4. The molecule has 0 saturated carbocycles. The summed E-state index contributed by atoms with van der Waals surface area (Å²) in [7, 11) is 0. The van der Waals surface area contributed by atoms with Gasteiger partial charge >= 0.3 is 5.97 Å². The predicted molar refractivity (Wildman–Crippen MR) is 57.9 cm³/mol. The molecule has 4 heteroatoms. The largest absolute Gasteiger partial charge is 0.481 e. The maximum atomic E-state index is 10.3. The molecule has 0 radical (unpaired) electrons. The Balaban J connectivity index is 2.60. The van der Waals surface area contributed by atoms with Crippen LogP contribution in [0.2, 0.25) is 0 Å². The smallest absolute Gasteiger partial charge is 0.303 e. The number of benzene rings is 1. The van der Waals surface area contributed by atoms with Gasteiger partial charge in [-0.1, -0.05) is 28.1 Å². The molecule has 0 saturated heterocycles. The quantitative estimate of drug-likeness (QED) is 0.871. The van der Waals surface area contributed by atoms with Gasteiger partial charge in [0.2, 0.25) is 0 Å². The average Bonchev–Trinajstić information content (AvgIpc) is 2.14. The summed E-state index contributed by atoms with van der Waals surface area (Å²) in [5.74, 6) is -0.810. The van der Waals surface area contributed by atoms with Crippen LogP contribution in [0.5, 0.6) is 0 Å². The van der Waals surface area contributed by atoms with E-state index in [4.69, 9.17) is 10.8 Å². The van der Waals surface area contributed by atoms with Crippen molar-refractivity contribution in [3.8, 4) is 0 Å². The van der Waals surface area contributed by atoms with E-state index in [-0.39, 0.29) is 12.5 Å². The highest BCUT2D eigenvalue weighted by Crippen LogP contribution is 2.19. The van der Waals surface area contributed by atoms with Gasteiger partial charge in [-0.3, -0.25) is 4.79 Å². The molecule has 1 aromatic carbocycles. The fourth-order valence-electron chi connectivity index (χ4n) is 1.18. The van der Waals surface area contributed by atoms with Crippen LogP contribution in [0.1, 0.15) is 24.4 Å². The summed E-state index contributed by atoms with van der Waals surface area (Å²) >= 11 is 3.34. The zero-order valence-corrected chi connectivity index (χ0v) is 9.20. The Kier molecular flexibility index (Phi) is 4.10. The van der Waals surface area contributed by atoms with E-state index in [1.807, 2.05) is 24.3 Å². The third-order valence-electron chi connectivity index (χ3n) is 1.95.